The van der Waals surface area contributed by atoms with Gasteiger partial charge in [-0.15, -0.1) is 5.10 Å². The molecule has 2 aromatic heterocycles. The molecule has 0 aliphatic carbocycles. The van der Waals surface area contributed by atoms with Crippen molar-refractivity contribution in [2.24, 2.45) is 7.05 Å². The second-order valence-electron chi connectivity index (χ2n) is 2.66. The van der Waals surface area contributed by atoms with Crippen molar-refractivity contribution in [1.82, 2.24) is 25.2 Å². The van der Waals surface area contributed by atoms with Crippen molar-refractivity contribution in [3.8, 4) is 0 Å². The highest BCUT2D eigenvalue weighted by Crippen LogP contribution is 2.03. The number of hydrogen-bond acceptors (Lipinski definition) is 4. The largest absolute Gasteiger partial charge is 0.318 e. The van der Waals surface area contributed by atoms with Crippen LogP contribution in [-0.2, 0) is 7.05 Å². The van der Waals surface area contributed by atoms with Gasteiger partial charge in [0.05, 0.1) is 18.1 Å². The molecule has 7 heteroatoms. The number of aromatic amines is 1. The first-order valence-electron chi connectivity index (χ1n) is 3.92. The van der Waals surface area contributed by atoms with Crippen molar-refractivity contribution in [2.45, 2.75) is 0 Å². The van der Waals surface area contributed by atoms with Crippen LogP contribution in [-0.4, -0.2) is 31.1 Å². The number of aromatic nitrogens is 5. The number of rotatable bonds is 2. The number of amides is 1. The summed E-state index contributed by atoms with van der Waals surface area (Å²) in [6.07, 6.45) is 4.48. The first-order chi connectivity index (χ1) is 6.75. The number of nitrogens with one attached hydrogen (secondary N) is 2. The number of hydrogen-bond donors (Lipinski definition) is 2. The summed E-state index contributed by atoms with van der Waals surface area (Å²) < 4.78 is 0. The molecule has 0 atom stereocenters. The maximum Gasteiger partial charge on any atom is 0.277 e. The summed E-state index contributed by atoms with van der Waals surface area (Å²) in [5, 5.41) is 16.5. The van der Waals surface area contributed by atoms with Gasteiger partial charge in [0.15, 0.2) is 5.69 Å². The van der Waals surface area contributed by atoms with Gasteiger partial charge in [0, 0.05) is 13.2 Å². The molecule has 1 amide bonds. The van der Waals surface area contributed by atoms with Crippen LogP contribution in [0.5, 0.6) is 0 Å². The van der Waals surface area contributed by atoms with Crippen LogP contribution < -0.4 is 5.32 Å². The molecule has 7 nitrogen and oxygen atoms in total. The molecular weight excluding hydrogens is 184 g/mol. The fraction of sp³-hybridized carbons (Fsp3) is 0.143. The van der Waals surface area contributed by atoms with Crippen molar-refractivity contribution >= 4 is 11.6 Å². The Morgan fingerprint density at radius 1 is 1.57 bits per heavy atom. The number of nitrogens with zero attached hydrogens (tertiary/aromatic N) is 4. The summed E-state index contributed by atoms with van der Waals surface area (Å²) in [4.78, 5) is 12.8. The predicted octanol–water partition coefficient (Wildman–Crippen LogP) is -0.210. The van der Waals surface area contributed by atoms with Crippen LogP contribution in [0.2, 0.25) is 0 Å². The van der Waals surface area contributed by atoms with Crippen molar-refractivity contribution in [3.05, 3.63) is 24.3 Å². The maximum atomic E-state index is 11.5. The number of H-pyrrole nitrogens is 1. The highest BCUT2D eigenvalue weighted by Gasteiger charge is 2.09. The molecule has 0 aliphatic rings. The monoisotopic (exact) mass is 192 g/mol. The Morgan fingerprint density at radius 3 is 3.00 bits per heavy atom. The molecule has 0 saturated heterocycles. The van der Waals surface area contributed by atoms with E-state index in [0.29, 0.717) is 5.69 Å². The SMILES string of the molecule is Cn1ncc(C(=O)Nc2cn[nH]c2)n1. The Labute approximate surface area is 79.1 Å². The minimum absolute atomic E-state index is 0.272. The number of aryl methyl sites for hydroxylation is 1. The number of carbonyl (C=O) groups excluding carboxylic acids is 1. The Hall–Kier alpha value is -2.18. The molecule has 0 radical (unpaired) electrons. The van der Waals surface area contributed by atoms with Gasteiger partial charge in [0.2, 0.25) is 0 Å². The van der Waals surface area contributed by atoms with Crippen LogP contribution in [0.3, 0.4) is 0 Å². The lowest BCUT2D eigenvalue weighted by Crippen LogP contribution is -2.12. The second-order valence-corrected chi connectivity index (χ2v) is 2.66. The van der Waals surface area contributed by atoms with E-state index in [4.69, 9.17) is 0 Å². The molecule has 0 aliphatic heterocycles. The third kappa shape index (κ3) is 1.60. The molecule has 2 rings (SSSR count). The molecule has 2 N–H and O–H groups in total. The maximum absolute atomic E-state index is 11.5. The summed E-state index contributed by atoms with van der Waals surface area (Å²) in [7, 11) is 1.65. The lowest BCUT2D eigenvalue weighted by Gasteiger charge is -1.96. The fourth-order valence-corrected chi connectivity index (χ4v) is 0.964. The molecule has 0 spiro atoms. The Bertz CT molecular complexity index is 431. The predicted molar refractivity (Wildman–Crippen MR) is 47.5 cm³/mol. The van der Waals surface area contributed by atoms with E-state index in [9.17, 15) is 4.79 Å². The van der Waals surface area contributed by atoms with Crippen LogP contribution in [0.25, 0.3) is 0 Å². The summed E-state index contributed by atoms with van der Waals surface area (Å²) in [6.45, 7) is 0. The molecule has 0 aromatic carbocycles. The number of carbonyl (C=O) groups is 1. The van der Waals surface area contributed by atoms with Gasteiger partial charge < -0.3 is 5.32 Å². The smallest absolute Gasteiger partial charge is 0.277 e. The minimum Gasteiger partial charge on any atom is -0.318 e. The van der Waals surface area contributed by atoms with Crippen LogP contribution in [0.1, 0.15) is 10.5 Å². The average molecular weight is 192 g/mol. The van der Waals surface area contributed by atoms with Crippen molar-refractivity contribution in [3.63, 3.8) is 0 Å². The topological polar surface area (TPSA) is 88.5 Å². The molecule has 2 aromatic rings. The van der Waals surface area contributed by atoms with E-state index in [-0.39, 0.29) is 11.6 Å². The summed E-state index contributed by atoms with van der Waals surface area (Å²) in [5.41, 5.74) is 0.870. The van der Waals surface area contributed by atoms with Gasteiger partial charge in [-0.2, -0.15) is 15.0 Å². The van der Waals surface area contributed by atoms with E-state index in [1.807, 2.05) is 0 Å². The Balaban J connectivity index is 2.10. The Kier molecular flexibility index (Phi) is 1.98. The summed E-state index contributed by atoms with van der Waals surface area (Å²) in [6, 6.07) is 0. The van der Waals surface area contributed by atoms with E-state index < -0.39 is 0 Å². The van der Waals surface area contributed by atoms with Crippen LogP contribution in [0.15, 0.2) is 18.6 Å². The third-order valence-corrected chi connectivity index (χ3v) is 1.59. The quantitative estimate of drug-likeness (QED) is 0.689. The summed E-state index contributed by atoms with van der Waals surface area (Å²) >= 11 is 0. The molecule has 14 heavy (non-hydrogen) atoms. The molecule has 0 saturated carbocycles. The fourth-order valence-electron chi connectivity index (χ4n) is 0.964. The zero-order valence-electron chi connectivity index (χ0n) is 7.43. The van der Waals surface area contributed by atoms with Gasteiger partial charge in [0.25, 0.3) is 5.91 Å². The van der Waals surface area contributed by atoms with E-state index in [1.165, 1.54) is 17.2 Å². The van der Waals surface area contributed by atoms with Crippen molar-refractivity contribution < 1.29 is 4.79 Å². The minimum atomic E-state index is -0.306. The number of anilines is 1. The van der Waals surface area contributed by atoms with E-state index >= 15 is 0 Å². The van der Waals surface area contributed by atoms with Gasteiger partial charge in [-0.1, -0.05) is 0 Å². The van der Waals surface area contributed by atoms with Crippen molar-refractivity contribution in [2.75, 3.05) is 5.32 Å². The molecule has 0 fully saturated rings. The van der Waals surface area contributed by atoms with Gasteiger partial charge in [-0.3, -0.25) is 9.89 Å². The van der Waals surface area contributed by atoms with Gasteiger partial charge in [-0.05, 0) is 0 Å². The third-order valence-electron chi connectivity index (χ3n) is 1.59. The van der Waals surface area contributed by atoms with E-state index in [1.54, 1.807) is 13.2 Å². The van der Waals surface area contributed by atoms with Crippen LogP contribution in [0, 0.1) is 0 Å². The lowest BCUT2D eigenvalue weighted by molar-refractivity contribution is 0.102. The standard InChI is InChI=1S/C7H8N6O/c1-13-10-4-6(12-13)7(14)11-5-2-8-9-3-5/h2-4H,1H3,(H,8,9)(H,11,14). The average Bonchev–Trinajstić information content (AvgIpc) is 2.75. The second kappa shape index (κ2) is 3.29. The van der Waals surface area contributed by atoms with Gasteiger partial charge in [-0.25, -0.2) is 0 Å². The van der Waals surface area contributed by atoms with Gasteiger partial charge in [0.1, 0.15) is 0 Å². The molecular formula is C7H8N6O. The van der Waals surface area contributed by atoms with E-state index in [2.05, 4.69) is 25.7 Å². The molecule has 0 bridgehead atoms. The summed E-state index contributed by atoms with van der Waals surface area (Å²) in [5.74, 6) is -0.306. The van der Waals surface area contributed by atoms with Crippen LogP contribution in [0.4, 0.5) is 5.69 Å². The highest BCUT2D eigenvalue weighted by molar-refractivity contribution is 6.02. The van der Waals surface area contributed by atoms with Crippen LogP contribution >= 0.6 is 0 Å². The molecule has 72 valence electrons. The zero-order chi connectivity index (χ0) is 9.97. The highest BCUT2D eigenvalue weighted by atomic mass is 16.2. The van der Waals surface area contributed by atoms with Gasteiger partial charge >= 0.3 is 0 Å². The lowest BCUT2D eigenvalue weighted by atomic mass is 10.4. The Morgan fingerprint density at radius 2 is 2.43 bits per heavy atom. The molecule has 0 unspecified atom stereocenters. The zero-order valence-corrected chi connectivity index (χ0v) is 7.43. The van der Waals surface area contributed by atoms with E-state index in [0.717, 1.165) is 0 Å². The first-order valence-corrected chi connectivity index (χ1v) is 3.92. The first kappa shape index (κ1) is 8.42. The normalized spacial score (nSPS) is 10.1. The van der Waals surface area contributed by atoms with Crippen molar-refractivity contribution in [1.29, 1.82) is 0 Å². The molecule has 2 heterocycles.